The zero-order valence-electron chi connectivity index (χ0n) is 16.5. The van der Waals surface area contributed by atoms with Crippen LogP contribution in [-0.4, -0.2) is 51.1 Å². The second-order valence-electron chi connectivity index (χ2n) is 7.70. The van der Waals surface area contributed by atoms with E-state index in [4.69, 9.17) is 4.74 Å². The number of rotatable bonds is 5. The van der Waals surface area contributed by atoms with Gasteiger partial charge in [0.05, 0.1) is 24.8 Å². The molecule has 2 amide bonds. The van der Waals surface area contributed by atoms with Gasteiger partial charge in [-0.25, -0.2) is 9.29 Å². The van der Waals surface area contributed by atoms with Crippen LogP contribution in [-0.2, 0) is 16.1 Å². The summed E-state index contributed by atoms with van der Waals surface area (Å²) in [6.45, 7) is 4.01. The van der Waals surface area contributed by atoms with Gasteiger partial charge in [-0.15, -0.1) is 0 Å². The number of methoxy groups -OCH3 is 1. The molecule has 0 saturated carbocycles. The van der Waals surface area contributed by atoms with Gasteiger partial charge >= 0.3 is 0 Å². The minimum absolute atomic E-state index is 0.105. The molecule has 2 aromatic rings. The van der Waals surface area contributed by atoms with Gasteiger partial charge in [-0.1, -0.05) is 18.2 Å². The molecule has 29 heavy (non-hydrogen) atoms. The first kappa shape index (κ1) is 19.5. The van der Waals surface area contributed by atoms with Crippen molar-refractivity contribution < 1.29 is 28.5 Å². The Balaban J connectivity index is 1.38. The highest BCUT2D eigenvalue weighted by molar-refractivity contribution is 6.21. The van der Waals surface area contributed by atoms with E-state index >= 15 is 0 Å². The van der Waals surface area contributed by atoms with Crippen LogP contribution < -0.4 is 19.4 Å². The maximum atomic E-state index is 13.6. The lowest BCUT2D eigenvalue weighted by atomic mass is 10.1. The Bertz CT molecular complexity index is 897. The van der Waals surface area contributed by atoms with Crippen molar-refractivity contribution in [3.8, 4) is 5.75 Å². The van der Waals surface area contributed by atoms with Gasteiger partial charge in [0.25, 0.3) is 5.91 Å². The summed E-state index contributed by atoms with van der Waals surface area (Å²) < 4.78 is 19.0. The Labute approximate surface area is 169 Å². The summed E-state index contributed by atoms with van der Waals surface area (Å²) in [5, 5.41) is 0. The first-order valence-corrected chi connectivity index (χ1v) is 9.99. The second-order valence-corrected chi connectivity index (χ2v) is 7.70. The minimum atomic E-state index is -0.312. The maximum Gasteiger partial charge on any atom is 0.292 e. The van der Waals surface area contributed by atoms with Crippen LogP contribution in [0.4, 0.5) is 10.1 Å². The summed E-state index contributed by atoms with van der Waals surface area (Å²) in [6, 6.07) is 13.4. The van der Waals surface area contributed by atoms with E-state index in [0.29, 0.717) is 18.0 Å². The number of para-hydroxylation sites is 1. The summed E-state index contributed by atoms with van der Waals surface area (Å²) in [6.07, 6.45) is 0.260. The van der Waals surface area contributed by atoms with E-state index in [2.05, 4.69) is 0 Å². The number of nitrogens with one attached hydrogen (secondary N) is 2. The van der Waals surface area contributed by atoms with Crippen LogP contribution in [0.2, 0.25) is 0 Å². The fourth-order valence-corrected chi connectivity index (χ4v) is 4.40. The number of carbonyl (C=O) groups excluding carboxylic acids is 2. The summed E-state index contributed by atoms with van der Waals surface area (Å²) >= 11 is 0. The number of quaternary nitrogens is 2. The van der Waals surface area contributed by atoms with Gasteiger partial charge in [-0.3, -0.25) is 9.59 Å². The number of piperazine rings is 1. The number of halogens is 1. The molecule has 1 atom stereocenters. The molecular formula is C22H26FN3O3+2. The molecule has 2 N–H and O–H groups in total. The second kappa shape index (κ2) is 8.31. The molecule has 2 aliphatic heterocycles. The molecule has 2 heterocycles. The Morgan fingerprint density at radius 1 is 1.07 bits per heavy atom. The number of anilines is 1. The van der Waals surface area contributed by atoms with Gasteiger partial charge in [0.15, 0.2) is 6.04 Å². The summed E-state index contributed by atoms with van der Waals surface area (Å²) in [5.74, 6) is 0.202. The Hall–Kier alpha value is -2.77. The Kier molecular flexibility index (Phi) is 5.60. The number of benzene rings is 2. The quantitative estimate of drug-likeness (QED) is 0.664. The molecule has 2 aromatic carbocycles. The minimum Gasteiger partial charge on any atom is -0.496 e. The van der Waals surface area contributed by atoms with Crippen molar-refractivity contribution in [1.29, 1.82) is 0 Å². The van der Waals surface area contributed by atoms with E-state index in [1.54, 1.807) is 25.3 Å². The molecule has 0 unspecified atom stereocenters. The van der Waals surface area contributed by atoms with Gasteiger partial charge in [0.2, 0.25) is 5.91 Å². The highest BCUT2D eigenvalue weighted by Gasteiger charge is 2.46. The van der Waals surface area contributed by atoms with Crippen LogP contribution in [0, 0.1) is 5.82 Å². The van der Waals surface area contributed by atoms with Crippen LogP contribution in [0.5, 0.6) is 5.75 Å². The van der Waals surface area contributed by atoms with Crippen molar-refractivity contribution in [2.24, 2.45) is 0 Å². The van der Waals surface area contributed by atoms with E-state index in [1.807, 2.05) is 18.2 Å². The molecule has 152 valence electrons. The number of ether oxygens (including phenoxy) is 1. The number of hydrogen-bond donors (Lipinski definition) is 2. The van der Waals surface area contributed by atoms with Crippen molar-refractivity contribution in [2.45, 2.75) is 19.0 Å². The van der Waals surface area contributed by atoms with E-state index in [0.717, 1.165) is 36.6 Å². The van der Waals surface area contributed by atoms with E-state index in [-0.39, 0.29) is 30.1 Å². The van der Waals surface area contributed by atoms with E-state index in [9.17, 15) is 14.0 Å². The lowest BCUT2D eigenvalue weighted by Crippen LogP contribution is -3.29. The molecule has 2 fully saturated rings. The first-order valence-electron chi connectivity index (χ1n) is 9.99. The molecule has 4 rings (SSSR count). The van der Waals surface area contributed by atoms with Crippen molar-refractivity contribution in [2.75, 3.05) is 38.2 Å². The SMILES string of the molecule is COc1ccc(F)cc1C[NH+]1CC[NH+]([C@H]2CC(=O)N(c3ccccc3)C2=O)CC1. The van der Waals surface area contributed by atoms with E-state index < -0.39 is 0 Å². The normalized spacial score (nSPS) is 24.8. The van der Waals surface area contributed by atoms with Gasteiger partial charge < -0.3 is 14.5 Å². The third-order valence-corrected chi connectivity index (χ3v) is 5.94. The Morgan fingerprint density at radius 2 is 1.79 bits per heavy atom. The molecule has 2 aliphatic rings. The zero-order chi connectivity index (χ0) is 20.4. The van der Waals surface area contributed by atoms with Gasteiger partial charge in [-0.05, 0) is 30.3 Å². The van der Waals surface area contributed by atoms with Crippen molar-refractivity contribution in [1.82, 2.24) is 0 Å². The summed E-state index contributed by atoms with van der Waals surface area (Å²) in [5.41, 5.74) is 1.50. The predicted octanol–water partition coefficient (Wildman–Crippen LogP) is -0.550. The van der Waals surface area contributed by atoms with Gasteiger partial charge in [0, 0.05) is 0 Å². The molecule has 0 radical (unpaired) electrons. The molecule has 0 spiro atoms. The molecular weight excluding hydrogens is 373 g/mol. The molecule has 2 saturated heterocycles. The largest absolute Gasteiger partial charge is 0.496 e. The fraction of sp³-hybridized carbons (Fsp3) is 0.364. The van der Waals surface area contributed by atoms with Crippen molar-refractivity contribution >= 4 is 17.5 Å². The van der Waals surface area contributed by atoms with Crippen LogP contribution in [0.25, 0.3) is 0 Å². The molecule has 6 nitrogen and oxygen atoms in total. The number of carbonyl (C=O) groups is 2. The molecule has 0 aromatic heterocycles. The summed E-state index contributed by atoms with van der Waals surface area (Å²) in [4.78, 5) is 29.2. The van der Waals surface area contributed by atoms with Crippen LogP contribution in [0.3, 0.4) is 0 Å². The number of imide groups is 1. The third-order valence-electron chi connectivity index (χ3n) is 5.94. The number of nitrogens with zero attached hydrogens (tertiary/aromatic N) is 1. The van der Waals surface area contributed by atoms with Gasteiger partial charge in [0.1, 0.15) is 44.3 Å². The maximum absolute atomic E-state index is 13.6. The van der Waals surface area contributed by atoms with E-state index in [1.165, 1.54) is 21.9 Å². The van der Waals surface area contributed by atoms with Crippen LogP contribution in [0.15, 0.2) is 48.5 Å². The predicted molar refractivity (Wildman–Crippen MR) is 105 cm³/mol. The zero-order valence-corrected chi connectivity index (χ0v) is 16.5. The summed E-state index contributed by atoms with van der Waals surface area (Å²) in [7, 11) is 1.59. The number of hydrogen-bond acceptors (Lipinski definition) is 3. The highest BCUT2D eigenvalue weighted by atomic mass is 19.1. The topological polar surface area (TPSA) is 55.5 Å². The van der Waals surface area contributed by atoms with Crippen molar-refractivity contribution in [3.05, 3.63) is 59.9 Å². The number of amides is 2. The molecule has 0 bridgehead atoms. The standard InChI is InChI=1S/C22H24FN3O3/c1-29-20-8-7-17(23)13-16(20)15-24-9-11-25(12-10-24)19-14-21(27)26(22(19)28)18-5-3-2-4-6-18/h2-8,13,19H,9-12,14-15H2,1H3/p+2/t19-/m0/s1. The smallest absolute Gasteiger partial charge is 0.292 e. The first-order chi connectivity index (χ1) is 14.1. The third kappa shape index (κ3) is 4.02. The van der Waals surface area contributed by atoms with Crippen molar-refractivity contribution in [3.63, 3.8) is 0 Å². The van der Waals surface area contributed by atoms with Crippen LogP contribution >= 0.6 is 0 Å². The fourth-order valence-electron chi connectivity index (χ4n) is 4.40. The van der Waals surface area contributed by atoms with Crippen LogP contribution in [0.1, 0.15) is 12.0 Å². The highest BCUT2D eigenvalue weighted by Crippen LogP contribution is 2.21. The monoisotopic (exact) mass is 399 g/mol. The average Bonchev–Trinajstić information content (AvgIpc) is 3.03. The lowest BCUT2D eigenvalue weighted by molar-refractivity contribution is -1.02. The van der Waals surface area contributed by atoms with Gasteiger partial charge in [-0.2, -0.15) is 0 Å². The average molecular weight is 399 g/mol. The lowest BCUT2D eigenvalue weighted by Gasteiger charge is -2.32. The molecule has 7 heteroatoms. The molecule has 0 aliphatic carbocycles. The Morgan fingerprint density at radius 3 is 2.48 bits per heavy atom.